The zero-order chi connectivity index (χ0) is 24.7. The molecule has 1 heterocycles. The van der Waals surface area contributed by atoms with E-state index in [9.17, 15) is 14.5 Å². The Labute approximate surface area is 182 Å². The normalized spacial score (nSPS) is 10.5. The van der Waals surface area contributed by atoms with Gasteiger partial charge in [-0.3, -0.25) is 9.59 Å². The first kappa shape index (κ1) is 30.6. The molecule has 0 aliphatic carbocycles. The van der Waals surface area contributed by atoms with Crippen LogP contribution in [0.2, 0.25) is 0 Å². The van der Waals surface area contributed by atoms with E-state index in [1.165, 1.54) is 6.20 Å². The third kappa shape index (κ3) is 21.9. The number of nitrogens with one attached hydrogen (secondary N) is 1. The van der Waals surface area contributed by atoms with E-state index in [-0.39, 0.29) is 37.2 Å². The minimum Gasteiger partial charge on any atom is -0.405 e. The number of aromatic nitrogens is 1. The van der Waals surface area contributed by atoms with Gasteiger partial charge in [0.1, 0.15) is 10.5 Å². The van der Waals surface area contributed by atoms with Crippen LogP contribution in [-0.4, -0.2) is 40.0 Å². The first-order chi connectivity index (χ1) is 14.2. The molecule has 178 valence electrons. The summed E-state index contributed by atoms with van der Waals surface area (Å²) in [5, 5.41) is 10.1. The van der Waals surface area contributed by atoms with Gasteiger partial charge in [0.15, 0.2) is 19.0 Å². The maximum absolute atomic E-state index is 11.9. The predicted octanol–water partition coefficient (Wildman–Crippen LogP) is -2.36. The molecule has 1 aromatic heterocycles. The molecule has 0 saturated heterocycles. The first-order valence-electron chi connectivity index (χ1n) is 9.02. The molecular formula is C17H30ClN3O10+2. The van der Waals surface area contributed by atoms with Crippen LogP contribution >= 0.6 is 0 Å². The number of amides is 1. The highest BCUT2D eigenvalue weighted by Gasteiger charge is 2.18. The van der Waals surface area contributed by atoms with Crippen LogP contribution in [0.3, 0.4) is 0 Å². The van der Waals surface area contributed by atoms with Gasteiger partial charge in [0, 0.05) is 6.07 Å². The van der Waals surface area contributed by atoms with Crippen molar-refractivity contribution in [1.82, 2.24) is 5.32 Å². The van der Waals surface area contributed by atoms with Gasteiger partial charge in [-0.2, -0.15) is 23.4 Å². The fourth-order valence-electron chi connectivity index (χ4n) is 1.76. The van der Waals surface area contributed by atoms with Gasteiger partial charge < -0.3 is 10.1 Å². The van der Waals surface area contributed by atoms with Crippen molar-refractivity contribution in [1.29, 1.82) is 0 Å². The minimum absolute atomic E-state index is 0.00873. The number of hydrogen-bond donors (Lipinski definition) is 3. The Morgan fingerprint density at radius 3 is 2.29 bits per heavy atom. The van der Waals surface area contributed by atoms with Crippen LogP contribution < -0.4 is 23.9 Å². The Bertz CT molecular complexity index is 683. The number of nitrogens with zero attached hydrogens (tertiary/aromatic N) is 2. The molecule has 31 heavy (non-hydrogen) atoms. The lowest BCUT2D eigenvalue weighted by atomic mass is 9.93. The second-order valence-corrected chi connectivity index (χ2v) is 7.50. The second-order valence-electron chi connectivity index (χ2n) is 6.71. The SMILES string of the molecule is CC.CC(C)(C)CC(=O)OC[n+]1cccc(C(=O)NCCO[N+](=O)O)c1.[O-][Cl+3]([O-])([O-])O. The number of halogens is 1. The standard InChI is InChI=1S/C15H22N3O6.C2H6.ClHO4/c1-15(2,3)9-13(19)23-11-17-7-4-5-12(10-17)14(20)16-6-8-24-18(21)22;1-2;2-1(3,4)5/h4-5,7,10H,6,8-9,11H2,1-3H3,(H-,16,20,21,22);1-2H3;(H,2,3,4,5)/q+1;;/p+1. The van der Waals surface area contributed by atoms with E-state index in [0.29, 0.717) is 12.0 Å². The van der Waals surface area contributed by atoms with Crippen LogP contribution in [-0.2, 0) is 21.1 Å². The van der Waals surface area contributed by atoms with E-state index in [1.54, 1.807) is 22.9 Å². The van der Waals surface area contributed by atoms with Crippen LogP contribution in [0, 0.1) is 20.6 Å². The molecule has 1 amide bonds. The monoisotopic (exact) mass is 471 g/mol. The van der Waals surface area contributed by atoms with Crippen molar-refractivity contribution < 1.29 is 62.9 Å². The van der Waals surface area contributed by atoms with Crippen LogP contribution in [0.1, 0.15) is 51.4 Å². The molecule has 3 N–H and O–H groups in total. The molecule has 1 rings (SSSR count). The third-order valence-electron chi connectivity index (χ3n) is 2.76. The molecule has 13 nitrogen and oxygen atoms in total. The number of rotatable bonds is 8. The zero-order valence-corrected chi connectivity index (χ0v) is 18.8. The average Bonchev–Trinajstić information content (AvgIpc) is 2.62. The zero-order valence-electron chi connectivity index (χ0n) is 18.1. The molecule has 1 aromatic rings. The maximum Gasteiger partial charge on any atom is 0.475 e. The Morgan fingerprint density at radius 2 is 1.81 bits per heavy atom. The van der Waals surface area contributed by atoms with Crippen LogP contribution in [0.4, 0.5) is 0 Å². The lowest BCUT2D eigenvalue weighted by Gasteiger charge is -2.15. The molecular weight excluding hydrogens is 442 g/mol. The number of carbonyl (C=O) groups excluding carboxylic acids is 2. The summed E-state index contributed by atoms with van der Waals surface area (Å²) in [7, 11) is -4.69. The molecule has 0 radical (unpaired) electrons. The van der Waals surface area contributed by atoms with Gasteiger partial charge >= 0.3 is 11.1 Å². The lowest BCUT2D eigenvalue weighted by Crippen LogP contribution is -2.58. The van der Waals surface area contributed by atoms with Crippen LogP contribution in [0.15, 0.2) is 24.5 Å². The van der Waals surface area contributed by atoms with E-state index >= 15 is 0 Å². The molecule has 0 bridgehead atoms. The molecule has 0 fully saturated rings. The van der Waals surface area contributed by atoms with Crippen molar-refractivity contribution in [3.8, 4) is 0 Å². The smallest absolute Gasteiger partial charge is 0.405 e. The summed E-state index contributed by atoms with van der Waals surface area (Å²) >= 11 is 0. The van der Waals surface area contributed by atoms with Crippen molar-refractivity contribution in [2.45, 2.75) is 47.8 Å². The largest absolute Gasteiger partial charge is 0.475 e. The summed E-state index contributed by atoms with van der Waals surface area (Å²) in [5.74, 6) is -0.697. The third-order valence-corrected chi connectivity index (χ3v) is 2.76. The summed E-state index contributed by atoms with van der Waals surface area (Å²) in [6, 6.07) is 3.24. The molecule has 14 heteroatoms. The minimum atomic E-state index is -4.69. The van der Waals surface area contributed by atoms with E-state index in [1.807, 2.05) is 34.6 Å². The van der Waals surface area contributed by atoms with Crippen molar-refractivity contribution in [2.24, 2.45) is 5.41 Å². The fraction of sp³-hybridized carbons (Fsp3) is 0.588. The highest BCUT2D eigenvalue weighted by Crippen LogP contribution is 2.18. The number of ether oxygens (including phenoxy) is 1. The summed E-state index contributed by atoms with van der Waals surface area (Å²) in [6.45, 7) is 9.72. The fourth-order valence-corrected chi connectivity index (χ4v) is 1.76. The van der Waals surface area contributed by atoms with Gasteiger partial charge in [-0.25, -0.2) is 5.21 Å². The van der Waals surface area contributed by atoms with Crippen molar-refractivity contribution >= 4 is 11.9 Å². The molecule has 0 aromatic carbocycles. The van der Waals surface area contributed by atoms with E-state index in [0.717, 1.165) is 0 Å². The molecule has 0 unspecified atom stereocenters. The van der Waals surface area contributed by atoms with Crippen molar-refractivity contribution in [3.63, 3.8) is 0 Å². The summed E-state index contributed by atoms with van der Waals surface area (Å²) in [5.41, 5.74) is 0.201. The van der Waals surface area contributed by atoms with Gasteiger partial charge in [0.25, 0.3) is 12.6 Å². The van der Waals surface area contributed by atoms with Crippen LogP contribution in [0.5, 0.6) is 0 Å². The van der Waals surface area contributed by atoms with Gasteiger partial charge in [0.2, 0.25) is 0 Å². The number of carbonyl (C=O) groups is 2. The molecule has 0 aliphatic rings. The predicted molar refractivity (Wildman–Crippen MR) is 94.1 cm³/mol. The topological polar surface area (TPSA) is 198 Å². The number of pyridine rings is 1. The van der Waals surface area contributed by atoms with Crippen molar-refractivity contribution in [3.05, 3.63) is 35.0 Å². The van der Waals surface area contributed by atoms with Gasteiger partial charge in [0.05, 0.1) is 27.9 Å². The van der Waals surface area contributed by atoms with E-state index in [2.05, 4.69) is 10.2 Å². The van der Waals surface area contributed by atoms with Crippen molar-refractivity contribution in [2.75, 3.05) is 13.2 Å². The Hall–Kier alpha value is -2.58. The Kier molecular flexibility index (Phi) is 15.1. The average molecular weight is 472 g/mol. The van der Waals surface area contributed by atoms with E-state index < -0.39 is 15.3 Å². The first-order valence-corrected chi connectivity index (χ1v) is 10.3. The molecule has 0 atom stereocenters. The summed E-state index contributed by atoms with van der Waals surface area (Å²) in [6.07, 6.45) is 3.51. The highest BCUT2D eigenvalue weighted by molar-refractivity contribution is 5.93. The quantitative estimate of drug-likeness (QED) is 0.159. The summed E-state index contributed by atoms with van der Waals surface area (Å²) < 4.78 is 39.5. The Balaban J connectivity index is 0. The highest BCUT2D eigenvalue weighted by atomic mass is 35.7. The molecule has 0 saturated carbocycles. The van der Waals surface area contributed by atoms with Crippen LogP contribution in [0.25, 0.3) is 0 Å². The number of esters is 1. The molecule has 0 aliphatic heterocycles. The van der Waals surface area contributed by atoms with Gasteiger partial charge in [-0.1, -0.05) is 34.6 Å². The molecule has 0 spiro atoms. The lowest BCUT2D eigenvalue weighted by molar-refractivity contribution is -1.92. The second kappa shape index (κ2) is 15.3. The van der Waals surface area contributed by atoms with Gasteiger partial charge in [-0.05, 0) is 11.5 Å². The van der Waals surface area contributed by atoms with Gasteiger partial charge in [-0.15, -0.1) is 0 Å². The van der Waals surface area contributed by atoms with E-state index in [4.69, 9.17) is 28.6 Å². The summed E-state index contributed by atoms with van der Waals surface area (Å²) in [4.78, 5) is 37.9. The maximum atomic E-state index is 11.9. The Morgan fingerprint density at radius 1 is 1.26 bits per heavy atom. The number of hydrogen-bond acceptors (Lipinski definition) is 9.